The van der Waals surface area contributed by atoms with Crippen LogP contribution in [0.25, 0.3) is 0 Å². The van der Waals surface area contributed by atoms with Crippen molar-refractivity contribution in [3.63, 3.8) is 0 Å². The van der Waals surface area contributed by atoms with Gasteiger partial charge in [-0.15, -0.1) is 0 Å². The van der Waals surface area contributed by atoms with Gasteiger partial charge in [0.25, 0.3) is 0 Å². The Morgan fingerprint density at radius 1 is 1.29 bits per heavy atom. The Balaban J connectivity index is 0.000000181. The lowest BCUT2D eigenvalue weighted by Crippen LogP contribution is -2.27. The standard InChI is InChI=1S/C8H6BrN.C5H9NO/c9-8-4-2-1-3-7(8)5-6-10;7-5-1-3-6-4-2-5/h1-4H,5H2;6H,1-4H2. The van der Waals surface area contributed by atoms with Gasteiger partial charge in [0, 0.05) is 30.4 Å². The first-order valence-corrected chi connectivity index (χ1v) is 6.36. The van der Waals surface area contributed by atoms with Gasteiger partial charge >= 0.3 is 0 Å². The molecular formula is C13H15BrN2O. The number of hydrogen-bond acceptors (Lipinski definition) is 3. The average molecular weight is 295 g/mol. The van der Waals surface area contributed by atoms with Crippen LogP contribution in [0.1, 0.15) is 18.4 Å². The summed E-state index contributed by atoms with van der Waals surface area (Å²) in [6.45, 7) is 1.78. The molecule has 4 heteroatoms. The Labute approximate surface area is 110 Å². The number of rotatable bonds is 1. The second-order valence-corrected chi connectivity index (χ2v) is 4.57. The normalized spacial score (nSPS) is 14.5. The summed E-state index contributed by atoms with van der Waals surface area (Å²) in [5, 5.41) is 11.5. The van der Waals surface area contributed by atoms with Gasteiger partial charge in [0.15, 0.2) is 0 Å². The quantitative estimate of drug-likeness (QED) is 0.866. The van der Waals surface area contributed by atoms with E-state index >= 15 is 0 Å². The van der Waals surface area contributed by atoms with Crippen LogP contribution in [0.4, 0.5) is 0 Å². The highest BCUT2D eigenvalue weighted by molar-refractivity contribution is 9.10. The molecule has 0 saturated carbocycles. The zero-order chi connectivity index (χ0) is 12.5. The number of carbonyl (C=O) groups is 1. The lowest BCUT2D eigenvalue weighted by atomic mass is 10.1. The number of nitriles is 1. The number of halogens is 1. The minimum absolute atomic E-state index is 0.402. The van der Waals surface area contributed by atoms with Crippen molar-refractivity contribution in [3.8, 4) is 6.07 Å². The summed E-state index contributed by atoms with van der Waals surface area (Å²) in [6.07, 6.45) is 1.95. The largest absolute Gasteiger partial charge is 0.316 e. The SMILES string of the molecule is N#CCc1ccccc1Br.O=C1CCNCC1. The van der Waals surface area contributed by atoms with Gasteiger partial charge in [-0.05, 0) is 11.6 Å². The van der Waals surface area contributed by atoms with E-state index in [1.807, 2.05) is 24.3 Å². The van der Waals surface area contributed by atoms with Crippen molar-refractivity contribution in [3.05, 3.63) is 34.3 Å². The van der Waals surface area contributed by atoms with Crippen LogP contribution in [0.15, 0.2) is 28.7 Å². The van der Waals surface area contributed by atoms with Crippen molar-refractivity contribution in [1.82, 2.24) is 5.32 Å². The van der Waals surface area contributed by atoms with Crippen LogP contribution >= 0.6 is 15.9 Å². The maximum absolute atomic E-state index is 10.4. The van der Waals surface area contributed by atoms with Crippen LogP contribution in [-0.4, -0.2) is 18.9 Å². The van der Waals surface area contributed by atoms with Crippen molar-refractivity contribution in [2.75, 3.05) is 13.1 Å². The fraction of sp³-hybridized carbons (Fsp3) is 0.385. The summed E-state index contributed by atoms with van der Waals surface area (Å²) in [6, 6.07) is 9.83. The smallest absolute Gasteiger partial charge is 0.135 e. The minimum atomic E-state index is 0.402. The molecule has 0 aliphatic carbocycles. The molecular weight excluding hydrogens is 280 g/mol. The van der Waals surface area contributed by atoms with Gasteiger partial charge < -0.3 is 5.32 Å². The number of piperidine rings is 1. The molecule has 0 radical (unpaired) electrons. The molecule has 1 aromatic carbocycles. The van der Waals surface area contributed by atoms with Gasteiger partial charge in [-0.3, -0.25) is 4.79 Å². The fourth-order valence-corrected chi connectivity index (χ4v) is 1.86. The van der Waals surface area contributed by atoms with E-state index in [9.17, 15) is 4.79 Å². The average Bonchev–Trinajstić information content (AvgIpc) is 2.34. The zero-order valence-electron chi connectivity index (χ0n) is 9.58. The number of benzene rings is 1. The molecule has 1 heterocycles. The lowest BCUT2D eigenvalue weighted by molar-refractivity contribution is -0.119. The molecule has 1 N–H and O–H groups in total. The number of Topliss-reactive ketones (excluding diaryl/α,β-unsaturated/α-hetero) is 1. The van der Waals surface area contributed by atoms with Crippen LogP contribution in [0.5, 0.6) is 0 Å². The Kier molecular flexibility index (Phi) is 6.53. The van der Waals surface area contributed by atoms with E-state index in [1.54, 1.807) is 0 Å². The van der Waals surface area contributed by atoms with Gasteiger partial charge in [0.1, 0.15) is 5.78 Å². The van der Waals surface area contributed by atoms with Crippen molar-refractivity contribution in [2.24, 2.45) is 0 Å². The fourth-order valence-electron chi connectivity index (χ4n) is 1.43. The molecule has 0 bridgehead atoms. The summed E-state index contributed by atoms with van der Waals surface area (Å²) < 4.78 is 1.01. The summed E-state index contributed by atoms with van der Waals surface area (Å²) in [5.74, 6) is 0.402. The van der Waals surface area contributed by atoms with Crippen molar-refractivity contribution in [2.45, 2.75) is 19.3 Å². The highest BCUT2D eigenvalue weighted by Gasteiger charge is 2.04. The summed E-state index contributed by atoms with van der Waals surface area (Å²) >= 11 is 3.35. The highest BCUT2D eigenvalue weighted by Crippen LogP contribution is 2.15. The molecule has 0 aromatic heterocycles. The second kappa shape index (κ2) is 7.99. The minimum Gasteiger partial charge on any atom is -0.316 e. The topological polar surface area (TPSA) is 52.9 Å². The van der Waals surface area contributed by atoms with E-state index in [-0.39, 0.29) is 0 Å². The number of ketones is 1. The molecule has 1 fully saturated rings. The summed E-state index contributed by atoms with van der Waals surface area (Å²) in [5.41, 5.74) is 1.05. The first kappa shape index (κ1) is 13.9. The van der Waals surface area contributed by atoms with E-state index in [0.717, 1.165) is 36.0 Å². The Bertz CT molecular complexity index is 404. The van der Waals surface area contributed by atoms with E-state index < -0.39 is 0 Å². The molecule has 3 nitrogen and oxygen atoms in total. The molecule has 1 aliphatic heterocycles. The first-order valence-electron chi connectivity index (χ1n) is 5.57. The van der Waals surface area contributed by atoms with Crippen LogP contribution < -0.4 is 5.32 Å². The third-order valence-electron chi connectivity index (χ3n) is 2.39. The second-order valence-electron chi connectivity index (χ2n) is 3.71. The van der Waals surface area contributed by atoms with Gasteiger partial charge in [-0.25, -0.2) is 0 Å². The van der Waals surface area contributed by atoms with Crippen molar-refractivity contribution >= 4 is 21.7 Å². The Morgan fingerprint density at radius 3 is 2.41 bits per heavy atom. The number of nitrogens with one attached hydrogen (secondary N) is 1. The third-order valence-corrected chi connectivity index (χ3v) is 3.16. The molecule has 1 aromatic rings. The zero-order valence-corrected chi connectivity index (χ0v) is 11.2. The molecule has 0 amide bonds. The lowest BCUT2D eigenvalue weighted by Gasteiger charge is -2.08. The maximum Gasteiger partial charge on any atom is 0.135 e. The van der Waals surface area contributed by atoms with Gasteiger partial charge in [-0.2, -0.15) is 5.26 Å². The van der Waals surface area contributed by atoms with Crippen LogP contribution in [-0.2, 0) is 11.2 Å². The maximum atomic E-state index is 10.4. The monoisotopic (exact) mass is 294 g/mol. The van der Waals surface area contributed by atoms with Crippen molar-refractivity contribution in [1.29, 1.82) is 5.26 Å². The Hall–Kier alpha value is -1.18. The number of nitrogens with zero attached hydrogens (tertiary/aromatic N) is 1. The van der Waals surface area contributed by atoms with E-state index in [2.05, 4.69) is 27.3 Å². The van der Waals surface area contributed by atoms with Crippen LogP contribution in [0, 0.1) is 11.3 Å². The molecule has 1 saturated heterocycles. The third kappa shape index (κ3) is 5.62. The molecule has 0 spiro atoms. The molecule has 1 aliphatic rings. The van der Waals surface area contributed by atoms with Gasteiger partial charge in [0.2, 0.25) is 0 Å². The highest BCUT2D eigenvalue weighted by atomic mass is 79.9. The van der Waals surface area contributed by atoms with Crippen molar-refractivity contribution < 1.29 is 4.79 Å². The molecule has 0 atom stereocenters. The Morgan fingerprint density at radius 2 is 1.94 bits per heavy atom. The predicted octanol–water partition coefficient (Wildman–Crippen LogP) is 2.45. The van der Waals surface area contributed by atoms with Crippen LogP contribution in [0.3, 0.4) is 0 Å². The van der Waals surface area contributed by atoms with Gasteiger partial charge in [-0.1, -0.05) is 34.1 Å². The van der Waals surface area contributed by atoms with Gasteiger partial charge in [0.05, 0.1) is 12.5 Å². The molecule has 2 rings (SSSR count). The van der Waals surface area contributed by atoms with E-state index in [4.69, 9.17) is 5.26 Å². The summed E-state index contributed by atoms with van der Waals surface area (Å²) in [4.78, 5) is 10.4. The van der Waals surface area contributed by atoms with Crippen LogP contribution in [0.2, 0.25) is 0 Å². The van der Waals surface area contributed by atoms with E-state index in [0.29, 0.717) is 12.2 Å². The molecule has 0 unspecified atom stereocenters. The first-order chi connectivity index (χ1) is 8.24. The molecule has 90 valence electrons. The predicted molar refractivity (Wildman–Crippen MR) is 70.6 cm³/mol. The number of hydrogen-bond donors (Lipinski definition) is 1. The summed E-state index contributed by atoms with van der Waals surface area (Å²) in [7, 11) is 0. The number of carbonyl (C=O) groups excluding carboxylic acids is 1. The molecule has 17 heavy (non-hydrogen) atoms. The van der Waals surface area contributed by atoms with E-state index in [1.165, 1.54) is 0 Å².